The van der Waals surface area contributed by atoms with Crippen LogP contribution in [0.25, 0.3) is 11.4 Å². The van der Waals surface area contributed by atoms with Gasteiger partial charge in [0.05, 0.1) is 5.25 Å². The molecule has 4 rings (SSSR count). The number of benzene rings is 1. The Kier molecular flexibility index (Phi) is 6.00. The molecule has 1 unspecified atom stereocenters. The van der Waals surface area contributed by atoms with Gasteiger partial charge >= 0.3 is 0 Å². The van der Waals surface area contributed by atoms with Crippen molar-refractivity contribution in [1.29, 1.82) is 0 Å². The Morgan fingerprint density at radius 1 is 1.00 bits per heavy atom. The Morgan fingerprint density at radius 2 is 1.69 bits per heavy atom. The van der Waals surface area contributed by atoms with Crippen LogP contribution in [-0.4, -0.2) is 32.5 Å². The van der Waals surface area contributed by atoms with Gasteiger partial charge in [-0.15, -0.1) is 10.2 Å². The Balaban J connectivity index is 1.66. The van der Waals surface area contributed by atoms with Crippen LogP contribution in [0.4, 0.5) is 0 Å². The van der Waals surface area contributed by atoms with Gasteiger partial charge in [0.1, 0.15) is 0 Å². The van der Waals surface area contributed by atoms with Gasteiger partial charge in [-0.25, -0.2) is 0 Å². The summed E-state index contributed by atoms with van der Waals surface area (Å²) in [6.07, 6.45) is 7.87. The number of nitrogens with one attached hydrogen (secondary N) is 1. The highest BCUT2D eigenvalue weighted by atomic mass is 32.2. The van der Waals surface area contributed by atoms with Crippen LogP contribution in [0.1, 0.15) is 77.3 Å². The minimum atomic E-state index is -0.0713. The van der Waals surface area contributed by atoms with E-state index in [0.717, 1.165) is 55.2 Å². The van der Waals surface area contributed by atoms with Crippen LogP contribution in [0.15, 0.2) is 29.4 Å². The zero-order valence-corrected chi connectivity index (χ0v) is 18.6. The monoisotopic (exact) mass is 412 g/mol. The van der Waals surface area contributed by atoms with Crippen LogP contribution in [0, 0.1) is 0 Å². The predicted octanol–water partition coefficient (Wildman–Crippen LogP) is 5.12. The highest BCUT2D eigenvalue weighted by Gasteiger charge is 2.29. The number of amides is 1. The van der Waals surface area contributed by atoms with E-state index in [1.807, 2.05) is 0 Å². The first-order valence-corrected chi connectivity index (χ1v) is 11.8. The first-order chi connectivity index (χ1) is 13.9. The summed E-state index contributed by atoms with van der Waals surface area (Å²) in [4.78, 5) is 12.5. The number of nitrogens with zero attached hydrogens (tertiary/aromatic N) is 3. The molecule has 1 N–H and O–H groups in total. The number of thioether (sulfide) groups is 1. The van der Waals surface area contributed by atoms with Crippen LogP contribution in [0.5, 0.6) is 0 Å². The molecule has 2 heterocycles. The van der Waals surface area contributed by atoms with Crippen molar-refractivity contribution in [3.63, 3.8) is 0 Å². The summed E-state index contributed by atoms with van der Waals surface area (Å²) in [6, 6.07) is 9.17. The van der Waals surface area contributed by atoms with Gasteiger partial charge in [0, 0.05) is 18.2 Å². The molecule has 5 nitrogen and oxygen atoms in total. The molecule has 1 aromatic carbocycles. The van der Waals surface area contributed by atoms with Gasteiger partial charge in [0.2, 0.25) is 5.91 Å². The molecule has 1 saturated carbocycles. The molecule has 2 aliphatic rings. The maximum absolute atomic E-state index is 12.5. The average molecular weight is 413 g/mol. The van der Waals surface area contributed by atoms with Crippen molar-refractivity contribution in [2.45, 2.75) is 87.6 Å². The van der Waals surface area contributed by atoms with E-state index in [4.69, 9.17) is 0 Å². The van der Waals surface area contributed by atoms with Gasteiger partial charge in [-0.2, -0.15) is 0 Å². The quantitative estimate of drug-likeness (QED) is 0.757. The zero-order valence-electron chi connectivity index (χ0n) is 17.8. The van der Waals surface area contributed by atoms with Crippen molar-refractivity contribution in [3.8, 4) is 11.4 Å². The van der Waals surface area contributed by atoms with Crippen molar-refractivity contribution in [1.82, 2.24) is 20.1 Å². The van der Waals surface area contributed by atoms with Gasteiger partial charge in [-0.05, 0) is 36.7 Å². The molecule has 29 heavy (non-hydrogen) atoms. The van der Waals surface area contributed by atoms with Crippen LogP contribution in [0.3, 0.4) is 0 Å². The summed E-state index contributed by atoms with van der Waals surface area (Å²) in [6.45, 7) is 7.48. The van der Waals surface area contributed by atoms with Gasteiger partial charge in [0.25, 0.3) is 0 Å². The molecule has 1 aromatic heterocycles. The molecule has 1 saturated heterocycles. The average Bonchev–Trinajstić information content (AvgIpc) is 3.31. The largest absolute Gasteiger partial charge is 0.355 e. The fourth-order valence-corrected chi connectivity index (χ4v) is 5.48. The van der Waals surface area contributed by atoms with E-state index >= 15 is 0 Å². The van der Waals surface area contributed by atoms with E-state index in [0.29, 0.717) is 6.04 Å². The van der Waals surface area contributed by atoms with Gasteiger partial charge < -0.3 is 5.32 Å². The molecular weight excluding hydrogens is 380 g/mol. The van der Waals surface area contributed by atoms with Crippen molar-refractivity contribution >= 4 is 17.7 Å². The molecule has 1 amide bonds. The lowest BCUT2D eigenvalue weighted by atomic mass is 9.86. The highest BCUT2D eigenvalue weighted by Crippen LogP contribution is 2.38. The number of hydrogen-bond acceptors (Lipinski definition) is 4. The standard InChI is InChI=1S/C23H32N4OS/c1-23(2,3)17-13-11-16(12-14-17)20-25-26-22(27(20)18-8-4-5-9-18)29-19-10-6-7-15-24-21(19)28/h11-14,18-19H,4-10,15H2,1-3H3,(H,24,28). The molecule has 0 spiro atoms. The summed E-state index contributed by atoms with van der Waals surface area (Å²) in [7, 11) is 0. The maximum atomic E-state index is 12.5. The SMILES string of the molecule is CC(C)(C)c1ccc(-c2nnc(SC3CCCCNC3=O)n2C2CCCC2)cc1. The number of carbonyl (C=O) groups is 1. The number of carbonyl (C=O) groups excluding carboxylic acids is 1. The summed E-state index contributed by atoms with van der Waals surface area (Å²) in [5, 5.41) is 13.0. The van der Waals surface area contributed by atoms with E-state index in [2.05, 4.69) is 65.1 Å². The maximum Gasteiger partial charge on any atom is 0.233 e. The molecule has 2 aromatic rings. The molecule has 1 aliphatic carbocycles. The fraction of sp³-hybridized carbons (Fsp3) is 0.609. The second-order valence-electron chi connectivity index (χ2n) is 9.34. The van der Waals surface area contributed by atoms with Crippen molar-refractivity contribution in [3.05, 3.63) is 29.8 Å². The van der Waals surface area contributed by atoms with Gasteiger partial charge in [0.15, 0.2) is 11.0 Å². The Hall–Kier alpha value is -1.82. The predicted molar refractivity (Wildman–Crippen MR) is 118 cm³/mol. The Bertz CT molecular complexity index is 847. The molecule has 6 heteroatoms. The van der Waals surface area contributed by atoms with Crippen LogP contribution in [-0.2, 0) is 10.2 Å². The third-order valence-electron chi connectivity index (χ3n) is 6.10. The molecule has 156 valence electrons. The zero-order chi connectivity index (χ0) is 20.4. The lowest BCUT2D eigenvalue weighted by Gasteiger charge is -2.21. The topological polar surface area (TPSA) is 59.8 Å². The second kappa shape index (κ2) is 8.50. The Morgan fingerprint density at radius 3 is 2.38 bits per heavy atom. The van der Waals surface area contributed by atoms with E-state index in [1.54, 1.807) is 11.8 Å². The number of rotatable bonds is 4. The lowest BCUT2D eigenvalue weighted by molar-refractivity contribution is -0.120. The third-order valence-corrected chi connectivity index (χ3v) is 7.32. The molecule has 1 aliphatic heterocycles. The smallest absolute Gasteiger partial charge is 0.233 e. The number of hydrogen-bond donors (Lipinski definition) is 1. The molecule has 0 bridgehead atoms. The molecule has 0 radical (unpaired) electrons. The van der Waals surface area contributed by atoms with Crippen molar-refractivity contribution < 1.29 is 4.79 Å². The number of aromatic nitrogens is 3. The van der Waals surface area contributed by atoms with Crippen LogP contribution in [0.2, 0.25) is 0 Å². The summed E-state index contributed by atoms with van der Waals surface area (Å²) in [5.74, 6) is 1.08. The minimum Gasteiger partial charge on any atom is -0.355 e. The molecular formula is C23H32N4OS. The molecule has 2 fully saturated rings. The minimum absolute atomic E-state index is 0.0713. The highest BCUT2D eigenvalue weighted by molar-refractivity contribution is 8.00. The van der Waals surface area contributed by atoms with Gasteiger partial charge in [-0.3, -0.25) is 9.36 Å². The first-order valence-electron chi connectivity index (χ1n) is 10.9. The fourth-order valence-electron chi connectivity index (χ4n) is 4.32. The van der Waals surface area contributed by atoms with Gasteiger partial charge in [-0.1, -0.05) is 76.1 Å². The summed E-state index contributed by atoms with van der Waals surface area (Å²) >= 11 is 1.60. The first kappa shape index (κ1) is 20.5. The van der Waals surface area contributed by atoms with E-state index < -0.39 is 0 Å². The van der Waals surface area contributed by atoms with E-state index in [-0.39, 0.29) is 16.6 Å². The molecule has 1 atom stereocenters. The van der Waals surface area contributed by atoms with E-state index in [1.165, 1.54) is 18.4 Å². The third kappa shape index (κ3) is 4.52. The van der Waals surface area contributed by atoms with Crippen LogP contribution >= 0.6 is 11.8 Å². The second-order valence-corrected chi connectivity index (χ2v) is 10.5. The normalized spacial score (nSPS) is 21.2. The summed E-state index contributed by atoms with van der Waals surface area (Å²) < 4.78 is 2.32. The van der Waals surface area contributed by atoms with Crippen molar-refractivity contribution in [2.75, 3.05) is 6.54 Å². The van der Waals surface area contributed by atoms with Crippen molar-refractivity contribution in [2.24, 2.45) is 0 Å². The van der Waals surface area contributed by atoms with Crippen LogP contribution < -0.4 is 5.32 Å². The lowest BCUT2D eigenvalue weighted by Crippen LogP contribution is -2.31. The Labute approximate surface area is 178 Å². The van der Waals surface area contributed by atoms with E-state index in [9.17, 15) is 4.79 Å². The summed E-state index contributed by atoms with van der Waals surface area (Å²) in [5.41, 5.74) is 2.55.